The fourth-order valence-electron chi connectivity index (χ4n) is 3.23. The molecule has 1 radical (unpaired) electrons. The van der Waals surface area contributed by atoms with Gasteiger partial charge in [0.2, 0.25) is 0 Å². The fourth-order valence-corrected chi connectivity index (χ4v) is 3.23. The molecular formula is C21H38IrN+. The number of pyridine rings is 1. The maximum atomic E-state index is 2.49. The van der Waals surface area contributed by atoms with E-state index in [0.717, 1.165) is 0 Å². The molecule has 0 saturated heterocycles. The van der Waals surface area contributed by atoms with Gasteiger partial charge in [-0.2, -0.15) is 4.57 Å². The van der Waals surface area contributed by atoms with Gasteiger partial charge in [-0.3, -0.25) is 0 Å². The van der Waals surface area contributed by atoms with Crippen LogP contribution in [0, 0.1) is 0 Å². The Morgan fingerprint density at radius 3 is 1.35 bits per heavy atom. The van der Waals surface area contributed by atoms with E-state index in [1.807, 2.05) is 0 Å². The van der Waals surface area contributed by atoms with Crippen LogP contribution in [-0.4, -0.2) is 0 Å². The smallest absolute Gasteiger partial charge is 0.191 e. The van der Waals surface area contributed by atoms with Gasteiger partial charge in [-0.05, 0) is 16.4 Å². The molecule has 0 aliphatic carbocycles. The van der Waals surface area contributed by atoms with Crippen molar-refractivity contribution in [2.24, 2.45) is 0 Å². The second-order valence-electron chi connectivity index (χ2n) is 10.7. The fraction of sp³-hybridized carbons (Fsp3) is 0.762. The first-order valence-corrected chi connectivity index (χ1v) is 8.58. The van der Waals surface area contributed by atoms with E-state index >= 15 is 0 Å². The van der Waals surface area contributed by atoms with E-state index in [1.165, 1.54) is 16.8 Å². The van der Waals surface area contributed by atoms with Crippen LogP contribution in [0.2, 0.25) is 0 Å². The molecule has 0 atom stereocenters. The first-order chi connectivity index (χ1) is 9.47. The maximum absolute atomic E-state index is 2.49. The standard InChI is InChI=1S/C21H38N.Ir/c1-18(2,3)15-13-14-22(21(10,11)12)17(20(7,8)9)16(15)19(4,5)6;/h13-14H,1-12H3;/q+1;. The van der Waals surface area contributed by atoms with E-state index in [9.17, 15) is 0 Å². The minimum Gasteiger partial charge on any atom is -0.197 e. The molecule has 1 aromatic heterocycles. The molecule has 1 aromatic rings. The van der Waals surface area contributed by atoms with Crippen LogP contribution in [0.4, 0.5) is 0 Å². The normalized spacial score (nSPS) is 13.7. The largest absolute Gasteiger partial charge is 0.197 e. The summed E-state index contributed by atoms with van der Waals surface area (Å²) in [5, 5.41) is 0. The van der Waals surface area contributed by atoms with Crippen molar-refractivity contribution in [3.63, 3.8) is 0 Å². The number of rotatable bonds is 0. The Bertz CT molecular complexity index is 492. The van der Waals surface area contributed by atoms with E-state index in [-0.39, 0.29) is 41.9 Å². The van der Waals surface area contributed by atoms with E-state index in [1.54, 1.807) is 0 Å². The predicted octanol–water partition coefficient (Wildman–Crippen LogP) is 5.62. The first kappa shape index (κ1) is 22.8. The van der Waals surface area contributed by atoms with E-state index < -0.39 is 0 Å². The summed E-state index contributed by atoms with van der Waals surface area (Å²) in [7, 11) is 0. The number of aromatic nitrogens is 1. The van der Waals surface area contributed by atoms with Gasteiger partial charge < -0.3 is 0 Å². The third-order valence-corrected chi connectivity index (χ3v) is 4.13. The van der Waals surface area contributed by atoms with Gasteiger partial charge >= 0.3 is 0 Å². The Hall–Kier alpha value is -0.201. The molecule has 1 nitrogen and oxygen atoms in total. The quantitative estimate of drug-likeness (QED) is 0.411. The zero-order chi connectivity index (χ0) is 17.7. The third-order valence-electron chi connectivity index (χ3n) is 4.13. The molecule has 0 spiro atoms. The van der Waals surface area contributed by atoms with Gasteiger partial charge in [0.05, 0.1) is 0 Å². The summed E-state index contributed by atoms with van der Waals surface area (Å²) in [6, 6.07) is 2.35. The average Bonchev–Trinajstić information content (AvgIpc) is 2.22. The monoisotopic (exact) mass is 497 g/mol. The molecule has 2 heteroatoms. The summed E-state index contributed by atoms with van der Waals surface area (Å²) in [5.41, 5.74) is 4.94. The predicted molar refractivity (Wildman–Crippen MR) is 97.7 cm³/mol. The molecule has 0 aliphatic rings. The Morgan fingerprint density at radius 1 is 0.652 bits per heavy atom. The first-order valence-electron chi connectivity index (χ1n) is 8.58. The van der Waals surface area contributed by atoms with Crippen LogP contribution < -0.4 is 4.57 Å². The van der Waals surface area contributed by atoms with Crippen LogP contribution >= 0.6 is 0 Å². The molecule has 1 heterocycles. The van der Waals surface area contributed by atoms with Crippen molar-refractivity contribution >= 4 is 0 Å². The van der Waals surface area contributed by atoms with E-state index in [0.29, 0.717) is 0 Å². The van der Waals surface area contributed by atoms with Crippen LogP contribution in [0.25, 0.3) is 0 Å². The average molecular weight is 497 g/mol. The van der Waals surface area contributed by atoms with E-state index in [2.05, 4.69) is 99.9 Å². The molecular weight excluding hydrogens is 458 g/mol. The summed E-state index contributed by atoms with van der Waals surface area (Å²) in [6.07, 6.45) is 2.30. The van der Waals surface area contributed by atoms with Crippen LogP contribution in [0.3, 0.4) is 0 Å². The molecule has 0 fully saturated rings. The molecule has 0 saturated carbocycles. The summed E-state index contributed by atoms with van der Waals surface area (Å²) in [6.45, 7) is 27.9. The van der Waals surface area contributed by atoms with Gasteiger partial charge in [0, 0.05) is 57.9 Å². The maximum Gasteiger partial charge on any atom is 0.191 e. The number of nitrogens with zero attached hydrogens (tertiary/aromatic N) is 1. The van der Waals surface area contributed by atoms with Gasteiger partial charge in [0.1, 0.15) is 0 Å². The minimum absolute atomic E-state index is 0. The zero-order valence-corrected chi connectivity index (χ0v) is 19.8. The Morgan fingerprint density at radius 2 is 1.09 bits per heavy atom. The Balaban J connectivity index is 0.00000484. The summed E-state index contributed by atoms with van der Waals surface area (Å²) in [5.74, 6) is 0. The zero-order valence-electron chi connectivity index (χ0n) is 17.4. The topological polar surface area (TPSA) is 3.88 Å². The van der Waals surface area contributed by atoms with Crippen LogP contribution in [0.1, 0.15) is 99.9 Å². The van der Waals surface area contributed by atoms with Crippen LogP contribution in [0.15, 0.2) is 12.3 Å². The van der Waals surface area contributed by atoms with Crippen molar-refractivity contribution < 1.29 is 24.7 Å². The summed E-state index contributed by atoms with van der Waals surface area (Å²) < 4.78 is 2.49. The van der Waals surface area contributed by atoms with Crippen LogP contribution in [0.5, 0.6) is 0 Å². The Labute approximate surface area is 158 Å². The summed E-state index contributed by atoms with van der Waals surface area (Å²) in [4.78, 5) is 0. The van der Waals surface area contributed by atoms with Gasteiger partial charge in [-0.15, -0.1) is 0 Å². The Kier molecular flexibility index (Phi) is 6.54. The molecule has 0 unspecified atom stereocenters. The third kappa shape index (κ3) is 5.13. The van der Waals surface area contributed by atoms with Crippen molar-refractivity contribution in [3.8, 4) is 0 Å². The van der Waals surface area contributed by atoms with Gasteiger partial charge in [0.25, 0.3) is 0 Å². The SMILES string of the molecule is CC(C)(C)c1cc[n+](C(C)(C)C)c(C(C)(C)C)c1C(C)(C)C.[Ir]. The van der Waals surface area contributed by atoms with Crippen molar-refractivity contribution in [1.82, 2.24) is 0 Å². The molecule has 0 aromatic carbocycles. The second kappa shape index (κ2) is 6.60. The van der Waals surface area contributed by atoms with Crippen molar-refractivity contribution in [2.45, 2.75) is 105 Å². The number of hydrogen-bond acceptors (Lipinski definition) is 0. The van der Waals surface area contributed by atoms with Gasteiger partial charge in [0.15, 0.2) is 17.4 Å². The molecule has 0 N–H and O–H groups in total. The molecule has 0 aliphatic heterocycles. The molecule has 1 rings (SSSR count). The molecule has 0 amide bonds. The van der Waals surface area contributed by atoms with Crippen molar-refractivity contribution in [2.75, 3.05) is 0 Å². The van der Waals surface area contributed by atoms with Crippen molar-refractivity contribution in [1.29, 1.82) is 0 Å². The van der Waals surface area contributed by atoms with Crippen molar-refractivity contribution in [3.05, 3.63) is 29.1 Å². The van der Waals surface area contributed by atoms with Gasteiger partial charge in [-0.25, -0.2) is 0 Å². The summed E-state index contributed by atoms with van der Waals surface area (Å²) >= 11 is 0. The van der Waals surface area contributed by atoms with E-state index in [4.69, 9.17) is 0 Å². The second-order valence-corrected chi connectivity index (χ2v) is 10.7. The van der Waals surface area contributed by atoms with Crippen LogP contribution in [-0.2, 0) is 41.9 Å². The van der Waals surface area contributed by atoms with Gasteiger partial charge in [-0.1, -0.05) is 62.3 Å². The molecule has 0 bridgehead atoms. The molecule has 135 valence electrons. The minimum atomic E-state index is 0. The number of hydrogen-bond donors (Lipinski definition) is 0. The molecule has 23 heavy (non-hydrogen) atoms.